The predicted molar refractivity (Wildman–Crippen MR) is 123 cm³/mol. The van der Waals surface area contributed by atoms with Crippen LogP contribution in [0, 0.1) is 10.1 Å². The van der Waals surface area contributed by atoms with Gasteiger partial charge in [-0.1, -0.05) is 6.07 Å². The summed E-state index contributed by atoms with van der Waals surface area (Å²) in [6.45, 7) is 3.63. The maximum Gasteiger partial charge on any atom is 0.338 e. The molecule has 0 fully saturated rings. The van der Waals surface area contributed by atoms with Crippen LogP contribution in [0.5, 0.6) is 5.75 Å². The topological polar surface area (TPSA) is 134 Å². The number of anilines is 1. The average molecular weight is 477 g/mol. The van der Waals surface area contributed by atoms with Crippen molar-refractivity contribution in [3.05, 3.63) is 63.2 Å². The minimum atomic E-state index is -0.630. The van der Waals surface area contributed by atoms with E-state index in [-0.39, 0.29) is 53.1 Å². The SMILES string of the molecule is CCOC(=O)c1cc(NC(=O)CSCc2ccc(OC)c([N+](=O)[O-])c2)cc(C(=O)OCC)c1. The number of nitro benzene ring substituents is 1. The molecular formula is C22H24N2O8S. The molecule has 0 aliphatic heterocycles. The minimum absolute atomic E-state index is 0.0399. The molecule has 2 aromatic rings. The van der Waals surface area contributed by atoms with Gasteiger partial charge in [0.2, 0.25) is 5.91 Å². The van der Waals surface area contributed by atoms with Gasteiger partial charge in [-0.15, -0.1) is 11.8 Å². The molecule has 0 heterocycles. The number of esters is 2. The van der Waals surface area contributed by atoms with Gasteiger partial charge < -0.3 is 19.5 Å². The number of rotatable bonds is 11. The van der Waals surface area contributed by atoms with Crippen LogP contribution in [0.3, 0.4) is 0 Å². The van der Waals surface area contributed by atoms with Gasteiger partial charge in [0.05, 0.1) is 42.1 Å². The predicted octanol–water partition coefficient (Wildman–Crippen LogP) is 3.83. The number of ether oxygens (including phenoxy) is 3. The molecule has 0 saturated carbocycles. The molecule has 0 saturated heterocycles. The third-order valence-corrected chi connectivity index (χ3v) is 5.18. The first-order chi connectivity index (χ1) is 15.8. The van der Waals surface area contributed by atoms with Crippen molar-refractivity contribution in [1.82, 2.24) is 0 Å². The fourth-order valence-electron chi connectivity index (χ4n) is 2.79. The molecule has 10 nitrogen and oxygen atoms in total. The third kappa shape index (κ3) is 7.49. The lowest BCUT2D eigenvalue weighted by molar-refractivity contribution is -0.385. The second-order valence-corrected chi connectivity index (χ2v) is 7.53. The highest BCUT2D eigenvalue weighted by Crippen LogP contribution is 2.29. The summed E-state index contributed by atoms with van der Waals surface area (Å²) in [5.74, 6) is -1.08. The van der Waals surface area contributed by atoms with E-state index >= 15 is 0 Å². The van der Waals surface area contributed by atoms with Crippen LogP contribution in [-0.2, 0) is 20.0 Å². The zero-order chi connectivity index (χ0) is 24.4. The van der Waals surface area contributed by atoms with Crippen LogP contribution < -0.4 is 10.1 Å². The molecule has 2 aromatic carbocycles. The van der Waals surface area contributed by atoms with E-state index in [1.54, 1.807) is 19.9 Å². The fraction of sp³-hybridized carbons (Fsp3) is 0.318. The highest BCUT2D eigenvalue weighted by molar-refractivity contribution is 7.99. The molecule has 0 atom stereocenters. The zero-order valence-corrected chi connectivity index (χ0v) is 19.2. The molecule has 0 aromatic heterocycles. The largest absolute Gasteiger partial charge is 0.490 e. The number of nitro groups is 1. The Morgan fingerprint density at radius 2 is 1.61 bits per heavy atom. The summed E-state index contributed by atoms with van der Waals surface area (Å²) in [6, 6.07) is 8.76. The molecule has 1 N–H and O–H groups in total. The standard InChI is InChI=1S/C22H24N2O8S/c1-4-31-21(26)15-9-16(22(27)32-5-2)11-17(10-15)23-20(25)13-33-12-14-6-7-19(30-3)18(8-14)24(28)29/h6-11H,4-5,12-13H2,1-3H3,(H,23,25). The van der Waals surface area contributed by atoms with Crippen molar-refractivity contribution in [2.24, 2.45) is 0 Å². The van der Waals surface area contributed by atoms with Crippen molar-refractivity contribution < 1.29 is 33.5 Å². The van der Waals surface area contributed by atoms with Crippen molar-refractivity contribution >= 4 is 41.0 Å². The van der Waals surface area contributed by atoms with Crippen LogP contribution in [0.1, 0.15) is 40.1 Å². The molecule has 11 heteroatoms. The number of benzene rings is 2. The highest BCUT2D eigenvalue weighted by Gasteiger charge is 2.17. The van der Waals surface area contributed by atoms with Crippen LogP contribution in [-0.4, -0.2) is 48.8 Å². The maximum absolute atomic E-state index is 12.4. The van der Waals surface area contributed by atoms with Crippen molar-refractivity contribution in [2.75, 3.05) is 31.4 Å². The van der Waals surface area contributed by atoms with Gasteiger partial charge in [-0.25, -0.2) is 9.59 Å². The normalized spacial score (nSPS) is 10.3. The van der Waals surface area contributed by atoms with Gasteiger partial charge in [-0.2, -0.15) is 0 Å². The molecule has 0 radical (unpaired) electrons. The van der Waals surface area contributed by atoms with E-state index in [0.717, 1.165) is 0 Å². The number of nitrogens with one attached hydrogen (secondary N) is 1. The quantitative estimate of drug-likeness (QED) is 0.292. The number of amides is 1. The lowest BCUT2D eigenvalue weighted by atomic mass is 10.1. The van der Waals surface area contributed by atoms with Gasteiger partial charge in [0.1, 0.15) is 0 Å². The van der Waals surface area contributed by atoms with Gasteiger partial charge in [0, 0.05) is 17.5 Å². The molecular weight excluding hydrogens is 452 g/mol. The molecule has 0 aliphatic carbocycles. The van der Waals surface area contributed by atoms with E-state index in [9.17, 15) is 24.5 Å². The Morgan fingerprint density at radius 1 is 1.00 bits per heavy atom. The Hall–Kier alpha value is -3.60. The molecule has 2 rings (SSSR count). The summed E-state index contributed by atoms with van der Waals surface area (Å²) in [7, 11) is 1.35. The molecule has 0 bridgehead atoms. The molecule has 0 spiro atoms. The first-order valence-electron chi connectivity index (χ1n) is 9.97. The summed E-state index contributed by atoms with van der Waals surface area (Å²) in [5, 5.41) is 13.8. The van der Waals surface area contributed by atoms with Gasteiger partial charge in [-0.3, -0.25) is 14.9 Å². The van der Waals surface area contributed by atoms with Crippen molar-refractivity contribution in [3.8, 4) is 5.75 Å². The second-order valence-electron chi connectivity index (χ2n) is 6.54. The van der Waals surface area contributed by atoms with Gasteiger partial charge in [0.15, 0.2) is 5.75 Å². The lowest BCUT2D eigenvalue weighted by Gasteiger charge is -2.11. The summed E-state index contributed by atoms with van der Waals surface area (Å²) < 4.78 is 14.9. The number of carbonyl (C=O) groups excluding carboxylic acids is 3. The highest BCUT2D eigenvalue weighted by atomic mass is 32.2. The molecule has 0 aliphatic rings. The van der Waals surface area contributed by atoms with Crippen LogP contribution in [0.25, 0.3) is 0 Å². The van der Waals surface area contributed by atoms with E-state index in [0.29, 0.717) is 11.3 Å². The lowest BCUT2D eigenvalue weighted by Crippen LogP contribution is -2.16. The Bertz CT molecular complexity index is 1000. The number of hydrogen-bond donors (Lipinski definition) is 1. The number of hydrogen-bond acceptors (Lipinski definition) is 9. The number of thioether (sulfide) groups is 1. The van der Waals surface area contributed by atoms with E-state index < -0.39 is 16.9 Å². The Kier molecular flexibility index (Phi) is 9.67. The Morgan fingerprint density at radius 3 is 2.12 bits per heavy atom. The van der Waals surface area contributed by atoms with E-state index in [4.69, 9.17) is 14.2 Å². The maximum atomic E-state index is 12.4. The monoisotopic (exact) mass is 476 g/mol. The number of methoxy groups -OCH3 is 1. The minimum Gasteiger partial charge on any atom is -0.490 e. The van der Waals surface area contributed by atoms with E-state index in [1.165, 1.54) is 49.2 Å². The van der Waals surface area contributed by atoms with Crippen LogP contribution in [0.15, 0.2) is 36.4 Å². The molecule has 176 valence electrons. The summed E-state index contributed by atoms with van der Waals surface area (Å²) in [4.78, 5) is 47.2. The summed E-state index contributed by atoms with van der Waals surface area (Å²) in [6.07, 6.45) is 0. The Balaban J connectivity index is 2.07. The third-order valence-electron chi connectivity index (χ3n) is 4.18. The van der Waals surface area contributed by atoms with Crippen LogP contribution >= 0.6 is 11.8 Å². The second kappa shape index (κ2) is 12.4. The molecule has 0 unspecified atom stereocenters. The summed E-state index contributed by atoms with van der Waals surface area (Å²) >= 11 is 1.25. The molecule has 33 heavy (non-hydrogen) atoms. The van der Waals surface area contributed by atoms with Crippen molar-refractivity contribution in [2.45, 2.75) is 19.6 Å². The number of carbonyl (C=O) groups is 3. The smallest absolute Gasteiger partial charge is 0.338 e. The van der Waals surface area contributed by atoms with Gasteiger partial charge >= 0.3 is 17.6 Å². The summed E-state index contributed by atoms with van der Waals surface area (Å²) in [5.41, 5.74) is 0.970. The van der Waals surface area contributed by atoms with Crippen molar-refractivity contribution in [3.63, 3.8) is 0 Å². The average Bonchev–Trinajstić information content (AvgIpc) is 2.79. The Labute approximate surface area is 194 Å². The van der Waals surface area contributed by atoms with E-state index in [1.807, 2.05) is 0 Å². The molecule has 1 amide bonds. The van der Waals surface area contributed by atoms with Crippen molar-refractivity contribution in [1.29, 1.82) is 0 Å². The fourth-order valence-corrected chi connectivity index (χ4v) is 3.57. The number of nitrogens with zero attached hydrogens (tertiary/aromatic N) is 1. The van der Waals surface area contributed by atoms with Gasteiger partial charge in [0.25, 0.3) is 0 Å². The van der Waals surface area contributed by atoms with Crippen LogP contribution in [0.2, 0.25) is 0 Å². The van der Waals surface area contributed by atoms with Crippen LogP contribution in [0.4, 0.5) is 11.4 Å². The first kappa shape index (κ1) is 25.7. The van der Waals surface area contributed by atoms with E-state index in [2.05, 4.69) is 5.32 Å². The van der Waals surface area contributed by atoms with Gasteiger partial charge in [-0.05, 0) is 43.7 Å². The zero-order valence-electron chi connectivity index (χ0n) is 18.4. The first-order valence-corrected chi connectivity index (χ1v) is 11.1.